The predicted molar refractivity (Wildman–Crippen MR) is 49.7 cm³/mol. The maximum Gasteiger partial charge on any atom is 0.123 e. The van der Waals surface area contributed by atoms with Gasteiger partial charge >= 0.3 is 0 Å². The summed E-state index contributed by atoms with van der Waals surface area (Å²) in [6, 6.07) is 4.07. The van der Waals surface area contributed by atoms with Crippen LogP contribution in [0, 0.1) is 12.7 Å². The average molecular weight is 183 g/mol. The lowest BCUT2D eigenvalue weighted by Gasteiger charge is -2.15. The highest BCUT2D eigenvalue weighted by atomic mass is 19.1. The minimum absolute atomic E-state index is 0.338. The largest absolute Gasteiger partial charge is 0.387 e. The van der Waals surface area contributed by atoms with Crippen molar-refractivity contribution in [3.05, 3.63) is 35.1 Å². The van der Waals surface area contributed by atoms with Crippen molar-refractivity contribution < 1.29 is 9.50 Å². The summed E-state index contributed by atoms with van der Waals surface area (Å²) in [5, 5.41) is 9.56. The first kappa shape index (κ1) is 10.2. The van der Waals surface area contributed by atoms with Gasteiger partial charge in [-0.15, -0.1) is 0 Å². The second kappa shape index (κ2) is 3.85. The quantitative estimate of drug-likeness (QED) is 0.730. The van der Waals surface area contributed by atoms with Crippen LogP contribution >= 0.6 is 0 Å². The van der Waals surface area contributed by atoms with E-state index in [1.807, 2.05) is 0 Å². The highest BCUT2D eigenvalue weighted by Crippen LogP contribution is 2.18. The van der Waals surface area contributed by atoms with Crippen molar-refractivity contribution in [1.29, 1.82) is 0 Å². The third-order valence-corrected chi connectivity index (χ3v) is 1.90. The van der Waals surface area contributed by atoms with Crippen LogP contribution in [-0.4, -0.2) is 11.1 Å². The van der Waals surface area contributed by atoms with Gasteiger partial charge in [0.1, 0.15) is 5.82 Å². The molecule has 0 unspecified atom stereocenters. The molecule has 0 radical (unpaired) electrons. The van der Waals surface area contributed by atoms with Gasteiger partial charge in [0.2, 0.25) is 0 Å². The number of aryl methyl sites for hydroxylation is 1. The molecule has 2 nitrogen and oxygen atoms in total. The molecule has 13 heavy (non-hydrogen) atoms. The Morgan fingerprint density at radius 3 is 2.46 bits per heavy atom. The summed E-state index contributed by atoms with van der Waals surface area (Å²) in [6.07, 6.45) is -0.797. The first-order chi connectivity index (χ1) is 6.00. The van der Waals surface area contributed by atoms with Crippen LogP contribution in [0.1, 0.15) is 24.2 Å². The van der Waals surface area contributed by atoms with Gasteiger partial charge in [0.05, 0.1) is 6.10 Å². The molecule has 0 aliphatic rings. The topological polar surface area (TPSA) is 46.2 Å². The Morgan fingerprint density at radius 2 is 2.00 bits per heavy atom. The minimum atomic E-state index is -0.797. The highest BCUT2D eigenvalue weighted by Gasteiger charge is 2.13. The maximum atomic E-state index is 12.9. The van der Waals surface area contributed by atoms with Crippen molar-refractivity contribution in [2.24, 2.45) is 5.73 Å². The average Bonchev–Trinajstić information content (AvgIpc) is 2.01. The summed E-state index contributed by atoms with van der Waals surface area (Å²) in [6.45, 7) is 3.46. The Bertz CT molecular complexity index is 279. The summed E-state index contributed by atoms with van der Waals surface area (Å²) in [5.74, 6) is -0.338. The van der Waals surface area contributed by atoms with Gasteiger partial charge in [0, 0.05) is 6.04 Å². The van der Waals surface area contributed by atoms with E-state index in [2.05, 4.69) is 0 Å². The molecule has 0 saturated carbocycles. The van der Waals surface area contributed by atoms with Gasteiger partial charge in [0.15, 0.2) is 0 Å². The molecule has 0 aliphatic carbocycles. The van der Waals surface area contributed by atoms with Crippen LogP contribution in [0.2, 0.25) is 0 Å². The monoisotopic (exact) mass is 183 g/mol. The lowest BCUT2D eigenvalue weighted by molar-refractivity contribution is 0.153. The number of nitrogens with two attached hydrogens (primary N) is 1. The Labute approximate surface area is 77.2 Å². The van der Waals surface area contributed by atoms with Crippen molar-refractivity contribution >= 4 is 0 Å². The molecule has 1 aromatic carbocycles. The van der Waals surface area contributed by atoms with Gasteiger partial charge in [-0.25, -0.2) is 4.39 Å². The number of rotatable bonds is 2. The van der Waals surface area contributed by atoms with Crippen molar-refractivity contribution in [3.63, 3.8) is 0 Å². The fraction of sp³-hybridized carbons (Fsp3) is 0.400. The summed E-state index contributed by atoms with van der Waals surface area (Å²) >= 11 is 0. The van der Waals surface area contributed by atoms with Gasteiger partial charge in [-0.1, -0.05) is 6.07 Å². The predicted octanol–water partition coefficient (Wildman–Crippen LogP) is 1.51. The Hall–Kier alpha value is -0.930. The third kappa shape index (κ3) is 2.50. The molecule has 0 amide bonds. The number of aliphatic hydroxyl groups is 1. The number of hydrogen-bond donors (Lipinski definition) is 2. The van der Waals surface area contributed by atoms with E-state index in [9.17, 15) is 9.50 Å². The molecule has 0 aliphatic heterocycles. The van der Waals surface area contributed by atoms with E-state index < -0.39 is 6.10 Å². The summed E-state index contributed by atoms with van der Waals surface area (Å²) in [7, 11) is 0. The zero-order valence-electron chi connectivity index (χ0n) is 7.79. The highest BCUT2D eigenvalue weighted by molar-refractivity contribution is 5.25. The fourth-order valence-corrected chi connectivity index (χ4v) is 1.24. The van der Waals surface area contributed by atoms with Crippen LogP contribution in [0.25, 0.3) is 0 Å². The first-order valence-electron chi connectivity index (χ1n) is 4.21. The van der Waals surface area contributed by atoms with E-state index in [-0.39, 0.29) is 11.9 Å². The molecule has 1 aromatic rings. The number of halogens is 1. The van der Waals surface area contributed by atoms with E-state index >= 15 is 0 Å². The third-order valence-electron chi connectivity index (χ3n) is 1.90. The van der Waals surface area contributed by atoms with Crippen molar-refractivity contribution in [3.8, 4) is 0 Å². The second-order valence-electron chi connectivity index (χ2n) is 3.37. The van der Waals surface area contributed by atoms with Gasteiger partial charge in [-0.2, -0.15) is 0 Å². The van der Waals surface area contributed by atoms with Crippen LogP contribution in [0.5, 0.6) is 0 Å². The van der Waals surface area contributed by atoms with E-state index in [0.717, 1.165) is 5.56 Å². The molecule has 0 saturated heterocycles. The first-order valence-corrected chi connectivity index (χ1v) is 4.21. The molecule has 0 heterocycles. The molecule has 3 heteroatoms. The Kier molecular flexibility index (Phi) is 3.01. The standard InChI is InChI=1S/C10H14FNO/c1-6-3-8(5-9(11)4-6)10(13)7(2)12/h3-5,7,10,13H,12H2,1-2H3/t7-,10-/m1/s1. The Balaban J connectivity index is 3.01. The number of hydrogen-bond acceptors (Lipinski definition) is 2. The summed E-state index contributed by atoms with van der Waals surface area (Å²) < 4.78 is 12.9. The van der Waals surface area contributed by atoms with Crippen LogP contribution in [0.3, 0.4) is 0 Å². The van der Waals surface area contributed by atoms with Crippen LogP contribution in [0.4, 0.5) is 4.39 Å². The van der Waals surface area contributed by atoms with Crippen molar-refractivity contribution in [1.82, 2.24) is 0 Å². The van der Waals surface area contributed by atoms with E-state index in [1.54, 1.807) is 19.9 Å². The van der Waals surface area contributed by atoms with Gasteiger partial charge < -0.3 is 10.8 Å². The van der Waals surface area contributed by atoms with Crippen LogP contribution < -0.4 is 5.73 Å². The van der Waals surface area contributed by atoms with Crippen LogP contribution in [-0.2, 0) is 0 Å². The van der Waals surface area contributed by atoms with E-state index in [0.29, 0.717) is 5.56 Å². The molecule has 0 spiro atoms. The van der Waals surface area contributed by atoms with Gasteiger partial charge in [0.25, 0.3) is 0 Å². The summed E-state index contributed by atoms with van der Waals surface area (Å²) in [4.78, 5) is 0. The normalized spacial score (nSPS) is 15.5. The second-order valence-corrected chi connectivity index (χ2v) is 3.37. The minimum Gasteiger partial charge on any atom is -0.387 e. The molecular formula is C10H14FNO. The van der Waals surface area contributed by atoms with E-state index in [1.165, 1.54) is 12.1 Å². The fourth-order valence-electron chi connectivity index (χ4n) is 1.24. The lowest BCUT2D eigenvalue weighted by atomic mass is 10.0. The Morgan fingerprint density at radius 1 is 1.38 bits per heavy atom. The smallest absolute Gasteiger partial charge is 0.123 e. The van der Waals surface area contributed by atoms with Crippen molar-refractivity contribution in [2.45, 2.75) is 26.0 Å². The van der Waals surface area contributed by atoms with E-state index in [4.69, 9.17) is 5.73 Å². The number of benzene rings is 1. The van der Waals surface area contributed by atoms with Gasteiger partial charge in [-0.3, -0.25) is 0 Å². The molecule has 0 fully saturated rings. The molecule has 3 N–H and O–H groups in total. The zero-order chi connectivity index (χ0) is 10.0. The maximum absolute atomic E-state index is 12.9. The number of aliphatic hydroxyl groups excluding tert-OH is 1. The molecular weight excluding hydrogens is 169 g/mol. The molecule has 1 rings (SSSR count). The molecule has 0 bridgehead atoms. The SMILES string of the molecule is Cc1cc(F)cc([C@H](O)[C@@H](C)N)c1. The lowest BCUT2D eigenvalue weighted by Crippen LogP contribution is -2.24. The van der Waals surface area contributed by atoms with Gasteiger partial charge in [-0.05, 0) is 37.1 Å². The van der Waals surface area contributed by atoms with Crippen molar-refractivity contribution in [2.75, 3.05) is 0 Å². The van der Waals surface area contributed by atoms with Crippen LogP contribution in [0.15, 0.2) is 18.2 Å². The summed E-state index contributed by atoms with van der Waals surface area (Å²) in [5.41, 5.74) is 6.82. The molecule has 72 valence electrons. The zero-order valence-corrected chi connectivity index (χ0v) is 7.79. The molecule has 2 atom stereocenters. The molecule has 0 aromatic heterocycles.